The van der Waals surface area contributed by atoms with Crippen molar-refractivity contribution in [3.05, 3.63) is 11.4 Å². The summed E-state index contributed by atoms with van der Waals surface area (Å²) in [5.74, 6) is -0.167. The van der Waals surface area contributed by atoms with E-state index in [-0.39, 0.29) is 18.4 Å². The molecule has 2 amide bonds. The minimum absolute atomic E-state index is 0.0293. The number of carbonyl (C=O) groups is 2. The zero-order chi connectivity index (χ0) is 16.4. The van der Waals surface area contributed by atoms with Gasteiger partial charge in [0.1, 0.15) is 0 Å². The maximum Gasteiger partial charge on any atom is 0.241 e. The lowest BCUT2D eigenvalue weighted by Crippen LogP contribution is -2.45. The highest BCUT2D eigenvalue weighted by Crippen LogP contribution is 2.19. The highest BCUT2D eigenvalue weighted by molar-refractivity contribution is 5.95. The molecule has 7 nitrogen and oxygen atoms in total. The van der Waals surface area contributed by atoms with Crippen LogP contribution in [-0.4, -0.2) is 52.2 Å². The minimum Gasteiger partial charge on any atom is -0.352 e. The van der Waals surface area contributed by atoms with Gasteiger partial charge in [-0.05, 0) is 40.7 Å². The molecule has 0 saturated heterocycles. The average molecular weight is 307 g/mol. The summed E-state index contributed by atoms with van der Waals surface area (Å²) in [5.41, 5.74) is 2.44. The number of likely N-dealkylation sites (N-methyl/N-ethyl adjacent to an activating group) is 1. The number of aryl methyl sites for hydroxylation is 2. The van der Waals surface area contributed by atoms with Crippen LogP contribution in [-0.2, 0) is 16.6 Å². The van der Waals surface area contributed by atoms with Crippen LogP contribution >= 0.6 is 0 Å². The molecule has 122 valence electrons. The molecule has 1 aliphatic carbocycles. The summed E-state index contributed by atoms with van der Waals surface area (Å²) in [6, 6.07) is -0.0605. The van der Waals surface area contributed by atoms with Crippen molar-refractivity contribution in [3.8, 4) is 0 Å². The zero-order valence-corrected chi connectivity index (χ0v) is 13.9. The Hall–Kier alpha value is -1.89. The molecule has 1 aromatic heterocycles. The van der Waals surface area contributed by atoms with Crippen LogP contribution in [0.1, 0.15) is 31.2 Å². The van der Waals surface area contributed by atoms with Crippen LogP contribution in [0.25, 0.3) is 0 Å². The molecule has 0 aliphatic heterocycles. The van der Waals surface area contributed by atoms with E-state index in [4.69, 9.17) is 0 Å². The van der Waals surface area contributed by atoms with E-state index in [2.05, 4.69) is 15.7 Å². The van der Waals surface area contributed by atoms with Crippen LogP contribution in [0, 0.1) is 13.8 Å². The molecule has 1 saturated carbocycles. The molecular weight excluding hydrogens is 282 g/mol. The SMILES string of the molecule is Cc1nn(C)c(C)c1NC(=O)[C@@H](C)N(C)CC(=O)NC1CC1. The van der Waals surface area contributed by atoms with Gasteiger partial charge in [0.25, 0.3) is 0 Å². The fourth-order valence-electron chi connectivity index (χ4n) is 2.25. The van der Waals surface area contributed by atoms with Gasteiger partial charge in [-0.15, -0.1) is 0 Å². The summed E-state index contributed by atoms with van der Waals surface area (Å²) in [6.45, 7) is 5.78. The number of nitrogens with zero attached hydrogens (tertiary/aromatic N) is 3. The van der Waals surface area contributed by atoms with E-state index >= 15 is 0 Å². The van der Waals surface area contributed by atoms with E-state index < -0.39 is 6.04 Å². The number of anilines is 1. The Balaban J connectivity index is 1.91. The Bertz CT molecular complexity index is 577. The van der Waals surface area contributed by atoms with Crippen LogP contribution in [0.2, 0.25) is 0 Å². The van der Waals surface area contributed by atoms with E-state index in [1.807, 2.05) is 20.9 Å². The molecule has 1 heterocycles. The van der Waals surface area contributed by atoms with E-state index in [0.717, 1.165) is 29.9 Å². The second kappa shape index (κ2) is 6.48. The first-order chi connectivity index (χ1) is 10.3. The summed E-state index contributed by atoms with van der Waals surface area (Å²) >= 11 is 0. The van der Waals surface area contributed by atoms with Gasteiger partial charge in [-0.1, -0.05) is 0 Å². The molecular formula is C15H25N5O2. The van der Waals surface area contributed by atoms with Crippen molar-refractivity contribution in [1.82, 2.24) is 20.0 Å². The molecule has 0 unspecified atom stereocenters. The summed E-state index contributed by atoms with van der Waals surface area (Å²) < 4.78 is 1.74. The number of aromatic nitrogens is 2. The van der Waals surface area contributed by atoms with Crippen LogP contribution in [0.4, 0.5) is 5.69 Å². The van der Waals surface area contributed by atoms with Crippen molar-refractivity contribution in [3.63, 3.8) is 0 Å². The molecule has 22 heavy (non-hydrogen) atoms. The number of amides is 2. The minimum atomic E-state index is -0.399. The third kappa shape index (κ3) is 3.85. The van der Waals surface area contributed by atoms with E-state index in [9.17, 15) is 9.59 Å². The van der Waals surface area contributed by atoms with Gasteiger partial charge in [0.2, 0.25) is 11.8 Å². The van der Waals surface area contributed by atoms with Crippen molar-refractivity contribution in [2.24, 2.45) is 7.05 Å². The maximum absolute atomic E-state index is 12.4. The van der Waals surface area contributed by atoms with Crippen molar-refractivity contribution in [2.75, 3.05) is 18.9 Å². The lowest BCUT2D eigenvalue weighted by atomic mass is 10.2. The number of carbonyl (C=O) groups excluding carboxylic acids is 2. The molecule has 2 N–H and O–H groups in total. The Kier molecular flexibility index (Phi) is 4.85. The van der Waals surface area contributed by atoms with Crippen LogP contribution in [0.5, 0.6) is 0 Å². The number of hydrogen-bond donors (Lipinski definition) is 2. The fraction of sp³-hybridized carbons (Fsp3) is 0.667. The molecule has 1 aliphatic rings. The molecule has 0 bridgehead atoms. The normalized spacial score (nSPS) is 15.7. The van der Waals surface area contributed by atoms with E-state index in [1.165, 1.54) is 0 Å². The third-order valence-electron chi connectivity index (χ3n) is 4.13. The molecule has 7 heteroatoms. The lowest BCUT2D eigenvalue weighted by molar-refractivity contribution is -0.124. The van der Waals surface area contributed by atoms with Gasteiger partial charge in [-0.25, -0.2) is 0 Å². The summed E-state index contributed by atoms with van der Waals surface area (Å²) in [7, 11) is 3.62. The highest BCUT2D eigenvalue weighted by Gasteiger charge is 2.26. The molecule has 0 aromatic carbocycles. The van der Waals surface area contributed by atoms with Crippen molar-refractivity contribution < 1.29 is 9.59 Å². The summed E-state index contributed by atoms with van der Waals surface area (Å²) in [5, 5.41) is 10.1. The monoisotopic (exact) mass is 307 g/mol. The second-order valence-electron chi connectivity index (χ2n) is 6.09. The predicted molar refractivity (Wildman–Crippen MR) is 84.6 cm³/mol. The van der Waals surface area contributed by atoms with Crippen molar-refractivity contribution >= 4 is 17.5 Å². The fourth-order valence-corrected chi connectivity index (χ4v) is 2.25. The van der Waals surface area contributed by atoms with Gasteiger partial charge >= 0.3 is 0 Å². The smallest absolute Gasteiger partial charge is 0.241 e. The molecule has 0 radical (unpaired) electrons. The average Bonchev–Trinajstić information content (AvgIpc) is 3.21. The zero-order valence-electron chi connectivity index (χ0n) is 13.9. The van der Waals surface area contributed by atoms with Crippen LogP contribution in [0.15, 0.2) is 0 Å². The van der Waals surface area contributed by atoms with Crippen molar-refractivity contribution in [1.29, 1.82) is 0 Å². The topological polar surface area (TPSA) is 79.3 Å². The van der Waals surface area contributed by atoms with Gasteiger partial charge in [-0.3, -0.25) is 19.2 Å². The van der Waals surface area contributed by atoms with Crippen LogP contribution < -0.4 is 10.6 Å². The van der Waals surface area contributed by atoms with Gasteiger partial charge in [0.05, 0.1) is 29.7 Å². The Labute approximate surface area is 131 Å². The molecule has 0 spiro atoms. The largest absolute Gasteiger partial charge is 0.352 e. The van der Waals surface area contributed by atoms with Crippen molar-refractivity contribution in [2.45, 2.75) is 45.7 Å². The van der Waals surface area contributed by atoms with E-state index in [0.29, 0.717) is 6.04 Å². The van der Waals surface area contributed by atoms with Gasteiger partial charge in [0, 0.05) is 13.1 Å². The first-order valence-electron chi connectivity index (χ1n) is 7.60. The quantitative estimate of drug-likeness (QED) is 0.805. The summed E-state index contributed by atoms with van der Waals surface area (Å²) in [6.07, 6.45) is 2.12. The number of hydrogen-bond acceptors (Lipinski definition) is 4. The molecule has 1 atom stereocenters. The standard InChI is InChI=1S/C15H25N5O2/c1-9-14(10(2)20(5)18-9)17-15(22)11(3)19(4)8-13(21)16-12-6-7-12/h11-12H,6-8H2,1-5H3,(H,16,21)(H,17,22)/t11-/m1/s1. The molecule has 2 rings (SSSR count). The predicted octanol–water partition coefficient (Wildman–Crippen LogP) is 0.574. The second-order valence-corrected chi connectivity index (χ2v) is 6.09. The van der Waals surface area contributed by atoms with E-state index in [1.54, 1.807) is 23.6 Å². The van der Waals surface area contributed by atoms with Gasteiger partial charge < -0.3 is 10.6 Å². The molecule has 1 aromatic rings. The highest BCUT2D eigenvalue weighted by atomic mass is 16.2. The summed E-state index contributed by atoms with van der Waals surface area (Å²) in [4.78, 5) is 25.9. The Morgan fingerprint density at radius 2 is 2.05 bits per heavy atom. The number of rotatable bonds is 6. The first-order valence-corrected chi connectivity index (χ1v) is 7.60. The Morgan fingerprint density at radius 1 is 1.41 bits per heavy atom. The lowest BCUT2D eigenvalue weighted by Gasteiger charge is -2.23. The third-order valence-corrected chi connectivity index (χ3v) is 4.13. The maximum atomic E-state index is 12.4. The first kappa shape index (κ1) is 16.5. The molecule has 1 fully saturated rings. The van der Waals surface area contributed by atoms with Gasteiger partial charge in [-0.2, -0.15) is 5.10 Å². The van der Waals surface area contributed by atoms with Gasteiger partial charge in [0.15, 0.2) is 0 Å². The Morgan fingerprint density at radius 3 is 2.55 bits per heavy atom. The number of nitrogens with one attached hydrogen (secondary N) is 2. The van der Waals surface area contributed by atoms with Crippen LogP contribution in [0.3, 0.4) is 0 Å².